The molecule has 0 heterocycles. The predicted octanol–water partition coefficient (Wildman–Crippen LogP) is -0.0952. The standard InChI is InChI=1S/C6H13NO3S/c1-3-4-11(9,10)7-5-6(2)8/h7H,3-5H2,1-2H3. The summed E-state index contributed by atoms with van der Waals surface area (Å²) in [6, 6.07) is 0. The summed E-state index contributed by atoms with van der Waals surface area (Å²) in [6.07, 6.45) is 0.563. The number of ketones is 1. The molecule has 0 rings (SSSR count). The molecule has 0 aliphatic carbocycles. The fraction of sp³-hybridized carbons (Fsp3) is 0.833. The van der Waals surface area contributed by atoms with Crippen molar-refractivity contribution in [1.29, 1.82) is 0 Å². The van der Waals surface area contributed by atoms with E-state index >= 15 is 0 Å². The molecule has 0 aromatic carbocycles. The molecule has 11 heavy (non-hydrogen) atoms. The molecule has 0 saturated heterocycles. The van der Waals surface area contributed by atoms with Gasteiger partial charge >= 0.3 is 0 Å². The van der Waals surface area contributed by atoms with Crippen LogP contribution in [0.5, 0.6) is 0 Å². The minimum atomic E-state index is -3.20. The lowest BCUT2D eigenvalue weighted by Crippen LogP contribution is -2.30. The molecule has 0 spiro atoms. The molecule has 5 heteroatoms. The molecule has 4 nitrogen and oxygen atoms in total. The van der Waals surface area contributed by atoms with Gasteiger partial charge in [-0.1, -0.05) is 6.92 Å². The van der Waals surface area contributed by atoms with Crippen LogP contribution in [0.2, 0.25) is 0 Å². The van der Waals surface area contributed by atoms with E-state index < -0.39 is 10.0 Å². The molecule has 0 saturated carbocycles. The molecule has 0 aromatic heterocycles. The first-order valence-corrected chi connectivity index (χ1v) is 5.10. The average molecular weight is 179 g/mol. The van der Waals surface area contributed by atoms with Gasteiger partial charge in [-0.15, -0.1) is 0 Å². The summed E-state index contributed by atoms with van der Waals surface area (Å²) in [7, 11) is -3.20. The van der Waals surface area contributed by atoms with Crippen molar-refractivity contribution in [2.24, 2.45) is 0 Å². The fourth-order valence-corrected chi connectivity index (χ4v) is 1.66. The van der Waals surface area contributed by atoms with Gasteiger partial charge in [-0.3, -0.25) is 4.79 Å². The average Bonchev–Trinajstić information content (AvgIpc) is 1.84. The second-order valence-corrected chi connectivity index (χ2v) is 4.27. The van der Waals surface area contributed by atoms with E-state index in [1.165, 1.54) is 6.92 Å². The largest absolute Gasteiger partial charge is 0.299 e. The predicted molar refractivity (Wildman–Crippen MR) is 42.8 cm³/mol. The number of hydrogen-bond acceptors (Lipinski definition) is 3. The lowest BCUT2D eigenvalue weighted by Gasteiger charge is -2.01. The van der Waals surface area contributed by atoms with Gasteiger partial charge in [0.15, 0.2) is 0 Å². The van der Waals surface area contributed by atoms with Crippen molar-refractivity contribution >= 4 is 15.8 Å². The second kappa shape index (κ2) is 4.46. The zero-order valence-corrected chi connectivity index (χ0v) is 7.57. The Morgan fingerprint density at radius 3 is 2.36 bits per heavy atom. The minimum Gasteiger partial charge on any atom is -0.299 e. The van der Waals surface area contributed by atoms with Gasteiger partial charge in [0.1, 0.15) is 5.78 Å². The summed E-state index contributed by atoms with van der Waals surface area (Å²) in [5.74, 6) is -0.0926. The summed E-state index contributed by atoms with van der Waals surface area (Å²) in [5.41, 5.74) is 0. The monoisotopic (exact) mass is 179 g/mol. The number of hydrogen-bond donors (Lipinski definition) is 1. The topological polar surface area (TPSA) is 63.2 Å². The van der Waals surface area contributed by atoms with E-state index in [2.05, 4.69) is 4.72 Å². The summed E-state index contributed by atoms with van der Waals surface area (Å²) in [5, 5.41) is 0. The quantitative estimate of drug-likeness (QED) is 0.641. The highest BCUT2D eigenvalue weighted by Crippen LogP contribution is 1.86. The molecular formula is C6H13NO3S. The molecular weight excluding hydrogens is 166 g/mol. The van der Waals surface area contributed by atoms with E-state index in [-0.39, 0.29) is 18.1 Å². The normalized spacial score (nSPS) is 11.5. The van der Waals surface area contributed by atoms with Gasteiger partial charge in [0.2, 0.25) is 10.0 Å². The lowest BCUT2D eigenvalue weighted by molar-refractivity contribution is -0.115. The van der Waals surface area contributed by atoms with Crippen molar-refractivity contribution in [3.05, 3.63) is 0 Å². The zero-order chi connectivity index (χ0) is 8.91. The van der Waals surface area contributed by atoms with Crippen LogP contribution in [-0.2, 0) is 14.8 Å². The number of rotatable bonds is 5. The van der Waals surface area contributed by atoms with E-state index in [1.54, 1.807) is 6.92 Å². The maximum Gasteiger partial charge on any atom is 0.211 e. The first-order chi connectivity index (χ1) is 4.98. The molecule has 0 atom stereocenters. The Labute approximate surface area is 67.0 Å². The van der Waals surface area contributed by atoms with Crippen LogP contribution in [0.15, 0.2) is 0 Å². The van der Waals surface area contributed by atoms with Crippen LogP contribution in [0, 0.1) is 0 Å². The van der Waals surface area contributed by atoms with E-state index in [4.69, 9.17) is 0 Å². The van der Waals surface area contributed by atoms with Gasteiger partial charge in [-0.25, -0.2) is 13.1 Å². The summed E-state index contributed by atoms with van der Waals surface area (Å²) < 4.78 is 23.9. The molecule has 0 aromatic rings. The van der Waals surface area contributed by atoms with E-state index in [1.807, 2.05) is 0 Å². The van der Waals surface area contributed by atoms with Gasteiger partial charge in [0, 0.05) is 0 Å². The van der Waals surface area contributed by atoms with Gasteiger partial charge in [0.05, 0.1) is 12.3 Å². The van der Waals surface area contributed by atoms with Crippen LogP contribution in [0.1, 0.15) is 20.3 Å². The zero-order valence-electron chi connectivity index (χ0n) is 6.75. The van der Waals surface area contributed by atoms with Crippen LogP contribution in [0.3, 0.4) is 0 Å². The van der Waals surface area contributed by atoms with Gasteiger partial charge < -0.3 is 0 Å². The molecule has 1 N–H and O–H groups in total. The van der Waals surface area contributed by atoms with Crippen molar-refractivity contribution in [2.45, 2.75) is 20.3 Å². The summed E-state index contributed by atoms with van der Waals surface area (Å²) in [4.78, 5) is 10.4. The third-order valence-electron chi connectivity index (χ3n) is 1.01. The Balaban J connectivity index is 3.84. The number of carbonyl (C=O) groups excluding carboxylic acids is 1. The second-order valence-electron chi connectivity index (χ2n) is 2.34. The maximum atomic E-state index is 10.9. The molecule has 66 valence electrons. The first-order valence-electron chi connectivity index (χ1n) is 3.44. The number of carbonyl (C=O) groups is 1. The van der Waals surface area contributed by atoms with Crippen LogP contribution in [0.25, 0.3) is 0 Å². The Hall–Kier alpha value is -0.420. The first kappa shape index (κ1) is 10.6. The molecule has 0 bridgehead atoms. The van der Waals surface area contributed by atoms with Crippen molar-refractivity contribution in [1.82, 2.24) is 4.72 Å². The van der Waals surface area contributed by atoms with Gasteiger partial charge in [0.25, 0.3) is 0 Å². The number of nitrogens with one attached hydrogen (secondary N) is 1. The third-order valence-corrected chi connectivity index (χ3v) is 2.54. The molecule has 0 radical (unpaired) electrons. The van der Waals surface area contributed by atoms with Crippen LogP contribution < -0.4 is 4.72 Å². The highest BCUT2D eigenvalue weighted by Gasteiger charge is 2.07. The van der Waals surface area contributed by atoms with E-state index in [9.17, 15) is 13.2 Å². The van der Waals surface area contributed by atoms with E-state index in [0.29, 0.717) is 6.42 Å². The summed E-state index contributed by atoms with van der Waals surface area (Å²) >= 11 is 0. The Bertz CT molecular complexity index is 220. The smallest absolute Gasteiger partial charge is 0.211 e. The number of Topliss-reactive ketones (excluding diaryl/α,β-unsaturated/α-hetero) is 1. The highest BCUT2D eigenvalue weighted by molar-refractivity contribution is 7.89. The van der Waals surface area contributed by atoms with Crippen molar-refractivity contribution in [2.75, 3.05) is 12.3 Å². The lowest BCUT2D eigenvalue weighted by atomic mass is 10.5. The Morgan fingerprint density at radius 1 is 1.45 bits per heavy atom. The van der Waals surface area contributed by atoms with Crippen LogP contribution in [0.4, 0.5) is 0 Å². The SMILES string of the molecule is CCCS(=O)(=O)NCC(C)=O. The van der Waals surface area contributed by atoms with Crippen molar-refractivity contribution in [3.63, 3.8) is 0 Å². The molecule has 0 aliphatic heterocycles. The highest BCUT2D eigenvalue weighted by atomic mass is 32.2. The van der Waals surface area contributed by atoms with Crippen LogP contribution >= 0.6 is 0 Å². The van der Waals surface area contributed by atoms with Crippen LogP contribution in [-0.4, -0.2) is 26.5 Å². The third kappa shape index (κ3) is 6.00. The van der Waals surface area contributed by atoms with Gasteiger partial charge in [-0.2, -0.15) is 0 Å². The minimum absolute atomic E-state index is 0.0836. The molecule has 0 aliphatic rings. The number of sulfonamides is 1. The Kier molecular flexibility index (Phi) is 4.29. The fourth-order valence-electron chi connectivity index (χ4n) is 0.552. The summed E-state index contributed by atoms with van der Waals surface area (Å²) in [6.45, 7) is 3.02. The Morgan fingerprint density at radius 2 is 2.00 bits per heavy atom. The van der Waals surface area contributed by atoms with Crippen molar-refractivity contribution in [3.8, 4) is 0 Å². The molecule has 0 fully saturated rings. The maximum absolute atomic E-state index is 10.9. The van der Waals surface area contributed by atoms with Gasteiger partial charge in [-0.05, 0) is 13.3 Å². The van der Waals surface area contributed by atoms with Crippen molar-refractivity contribution < 1.29 is 13.2 Å². The van der Waals surface area contributed by atoms with E-state index in [0.717, 1.165) is 0 Å². The molecule has 0 amide bonds. The molecule has 0 unspecified atom stereocenters.